The number of pyridine rings is 1. The zero-order valence-corrected chi connectivity index (χ0v) is 16.0. The Morgan fingerprint density at radius 2 is 1.74 bits per heavy atom. The molecule has 0 saturated heterocycles. The summed E-state index contributed by atoms with van der Waals surface area (Å²) in [7, 11) is 0. The van der Waals surface area contributed by atoms with E-state index in [4.69, 9.17) is 0 Å². The number of anilines is 1. The van der Waals surface area contributed by atoms with Gasteiger partial charge in [-0.25, -0.2) is 4.98 Å². The average molecular weight is 436 g/mol. The molecule has 2 aromatic carbocycles. The molecule has 0 saturated carbocycles. The minimum Gasteiger partial charge on any atom is -0.505 e. The van der Waals surface area contributed by atoms with Crippen molar-refractivity contribution >= 4 is 48.5 Å². The van der Waals surface area contributed by atoms with Crippen molar-refractivity contribution in [1.82, 2.24) is 4.98 Å². The van der Waals surface area contributed by atoms with Crippen LogP contribution >= 0.6 is 31.9 Å². The molecule has 0 atom stereocenters. The van der Waals surface area contributed by atoms with E-state index in [2.05, 4.69) is 74.2 Å². The number of benzene rings is 2. The fraction of sp³-hybridized carbons (Fsp3) is 0.167. The summed E-state index contributed by atoms with van der Waals surface area (Å²) in [5.41, 5.74) is 5.01. The molecule has 3 rings (SSSR count). The summed E-state index contributed by atoms with van der Waals surface area (Å²) in [5, 5.41) is 14.6. The number of rotatable bonds is 3. The standard InChI is InChI=1S/C18H16Br2N2O/c1-10-4-3-5-11(2)16(10)21-9-12-6-7-13-14(19)8-15(20)18(23)17(13)22-12/h3-8,21,23H,9H2,1-2H3. The normalized spacial score (nSPS) is 11.0. The summed E-state index contributed by atoms with van der Waals surface area (Å²) in [5.74, 6) is 0.164. The Hall–Kier alpha value is -1.59. The number of aryl methyl sites for hydroxylation is 2. The molecule has 0 spiro atoms. The molecule has 0 unspecified atom stereocenters. The Balaban J connectivity index is 1.94. The maximum atomic E-state index is 10.2. The highest BCUT2D eigenvalue weighted by molar-refractivity contribution is 9.11. The fourth-order valence-corrected chi connectivity index (χ4v) is 3.89. The van der Waals surface area contributed by atoms with E-state index in [0.717, 1.165) is 21.2 Å². The highest BCUT2D eigenvalue weighted by Gasteiger charge is 2.11. The van der Waals surface area contributed by atoms with Gasteiger partial charge < -0.3 is 10.4 Å². The van der Waals surface area contributed by atoms with E-state index in [1.807, 2.05) is 18.2 Å². The maximum absolute atomic E-state index is 10.2. The van der Waals surface area contributed by atoms with Crippen LogP contribution in [0.15, 0.2) is 45.3 Å². The summed E-state index contributed by atoms with van der Waals surface area (Å²) >= 11 is 6.86. The average Bonchev–Trinajstić information content (AvgIpc) is 2.52. The molecule has 2 N–H and O–H groups in total. The zero-order chi connectivity index (χ0) is 16.6. The molecule has 23 heavy (non-hydrogen) atoms. The van der Waals surface area contributed by atoms with Crippen molar-refractivity contribution in [1.29, 1.82) is 0 Å². The Bertz CT molecular complexity index is 874. The van der Waals surface area contributed by atoms with Crippen molar-refractivity contribution in [2.24, 2.45) is 0 Å². The van der Waals surface area contributed by atoms with E-state index in [1.54, 1.807) is 0 Å². The Labute approximate surface area is 152 Å². The molecule has 0 amide bonds. The molecule has 0 aliphatic rings. The van der Waals surface area contributed by atoms with Gasteiger partial charge in [-0.15, -0.1) is 0 Å². The predicted molar refractivity (Wildman–Crippen MR) is 102 cm³/mol. The number of phenolic OH excluding ortho intramolecular Hbond substituents is 1. The smallest absolute Gasteiger partial charge is 0.156 e. The van der Waals surface area contributed by atoms with Crippen LogP contribution in [-0.2, 0) is 6.54 Å². The lowest BCUT2D eigenvalue weighted by Crippen LogP contribution is -2.04. The van der Waals surface area contributed by atoms with E-state index < -0.39 is 0 Å². The molecule has 1 aromatic heterocycles. The minimum absolute atomic E-state index is 0.164. The fourth-order valence-electron chi connectivity index (χ4n) is 2.61. The van der Waals surface area contributed by atoms with Gasteiger partial charge in [0.15, 0.2) is 5.75 Å². The number of aromatic nitrogens is 1. The van der Waals surface area contributed by atoms with Gasteiger partial charge in [-0.3, -0.25) is 0 Å². The molecule has 0 aliphatic heterocycles. The summed E-state index contributed by atoms with van der Waals surface area (Å²) in [6, 6.07) is 12.0. The van der Waals surface area contributed by atoms with Crippen LogP contribution in [-0.4, -0.2) is 10.1 Å². The number of hydrogen-bond acceptors (Lipinski definition) is 3. The van der Waals surface area contributed by atoms with E-state index in [-0.39, 0.29) is 5.75 Å². The number of phenols is 1. The second-order valence-electron chi connectivity index (χ2n) is 5.51. The minimum atomic E-state index is 0.164. The highest BCUT2D eigenvalue weighted by atomic mass is 79.9. The number of nitrogens with one attached hydrogen (secondary N) is 1. The SMILES string of the molecule is Cc1cccc(C)c1NCc1ccc2c(Br)cc(Br)c(O)c2n1. The second-order valence-corrected chi connectivity index (χ2v) is 7.22. The van der Waals surface area contributed by atoms with Crippen molar-refractivity contribution in [3.8, 4) is 5.75 Å². The van der Waals surface area contributed by atoms with E-state index in [1.165, 1.54) is 11.1 Å². The molecule has 0 radical (unpaired) electrons. The Kier molecular flexibility index (Phi) is 4.60. The number of nitrogens with zero attached hydrogens (tertiary/aromatic N) is 1. The zero-order valence-electron chi connectivity index (χ0n) is 12.8. The van der Waals surface area contributed by atoms with Crippen LogP contribution in [0.3, 0.4) is 0 Å². The molecule has 0 fully saturated rings. The van der Waals surface area contributed by atoms with Gasteiger partial charge in [0.05, 0.1) is 16.7 Å². The van der Waals surface area contributed by atoms with Crippen LogP contribution in [0.5, 0.6) is 5.75 Å². The summed E-state index contributed by atoms with van der Waals surface area (Å²) in [6.45, 7) is 4.78. The van der Waals surface area contributed by atoms with Gasteiger partial charge in [-0.1, -0.05) is 34.1 Å². The molecule has 3 nitrogen and oxygen atoms in total. The van der Waals surface area contributed by atoms with Crippen LogP contribution in [0.25, 0.3) is 10.9 Å². The van der Waals surface area contributed by atoms with Gasteiger partial charge in [0.25, 0.3) is 0 Å². The predicted octanol–water partition coefficient (Wildman–Crippen LogP) is 5.69. The Morgan fingerprint density at radius 3 is 2.43 bits per heavy atom. The van der Waals surface area contributed by atoms with Gasteiger partial charge in [0.1, 0.15) is 5.52 Å². The van der Waals surface area contributed by atoms with E-state index >= 15 is 0 Å². The van der Waals surface area contributed by atoms with Crippen molar-refractivity contribution < 1.29 is 5.11 Å². The van der Waals surface area contributed by atoms with Gasteiger partial charge >= 0.3 is 0 Å². The Morgan fingerprint density at radius 1 is 1.04 bits per heavy atom. The molecular formula is C18H16Br2N2O. The van der Waals surface area contributed by atoms with Gasteiger partial charge in [-0.2, -0.15) is 0 Å². The van der Waals surface area contributed by atoms with Crippen molar-refractivity contribution in [3.05, 3.63) is 62.2 Å². The molecular weight excluding hydrogens is 420 g/mol. The molecule has 118 valence electrons. The number of hydrogen-bond donors (Lipinski definition) is 2. The van der Waals surface area contributed by atoms with E-state index in [9.17, 15) is 5.11 Å². The molecule has 1 heterocycles. The first-order valence-electron chi connectivity index (χ1n) is 7.24. The van der Waals surface area contributed by atoms with Gasteiger partial charge in [0, 0.05) is 15.5 Å². The van der Waals surface area contributed by atoms with Crippen LogP contribution < -0.4 is 5.32 Å². The third-order valence-corrected chi connectivity index (χ3v) is 5.10. The summed E-state index contributed by atoms with van der Waals surface area (Å²) in [6.07, 6.45) is 0. The summed E-state index contributed by atoms with van der Waals surface area (Å²) in [4.78, 5) is 4.60. The van der Waals surface area contributed by atoms with E-state index in [0.29, 0.717) is 16.5 Å². The quantitative estimate of drug-likeness (QED) is 0.555. The first-order valence-corrected chi connectivity index (χ1v) is 8.82. The molecule has 5 heteroatoms. The van der Waals surface area contributed by atoms with Gasteiger partial charge in [0.2, 0.25) is 0 Å². The van der Waals surface area contributed by atoms with Crippen LogP contribution in [0.4, 0.5) is 5.69 Å². The van der Waals surface area contributed by atoms with Gasteiger partial charge in [-0.05, 0) is 59.1 Å². The highest BCUT2D eigenvalue weighted by Crippen LogP contribution is 2.36. The van der Waals surface area contributed by atoms with Crippen molar-refractivity contribution in [2.45, 2.75) is 20.4 Å². The topological polar surface area (TPSA) is 45.1 Å². The monoisotopic (exact) mass is 434 g/mol. The second kappa shape index (κ2) is 6.49. The third-order valence-electron chi connectivity index (χ3n) is 3.84. The number of fused-ring (bicyclic) bond motifs is 1. The molecule has 0 aliphatic carbocycles. The lowest BCUT2D eigenvalue weighted by Gasteiger charge is -2.13. The number of halogens is 2. The first kappa shape index (κ1) is 16.3. The largest absolute Gasteiger partial charge is 0.505 e. The molecule has 0 bridgehead atoms. The summed E-state index contributed by atoms with van der Waals surface area (Å²) < 4.78 is 1.53. The van der Waals surface area contributed by atoms with Crippen LogP contribution in [0, 0.1) is 13.8 Å². The number of para-hydroxylation sites is 1. The third kappa shape index (κ3) is 3.21. The number of aromatic hydroxyl groups is 1. The lowest BCUT2D eigenvalue weighted by atomic mass is 10.1. The maximum Gasteiger partial charge on any atom is 0.156 e. The van der Waals surface area contributed by atoms with Crippen molar-refractivity contribution in [2.75, 3.05) is 5.32 Å². The van der Waals surface area contributed by atoms with Crippen molar-refractivity contribution in [3.63, 3.8) is 0 Å². The van der Waals surface area contributed by atoms with Crippen LogP contribution in [0.1, 0.15) is 16.8 Å². The lowest BCUT2D eigenvalue weighted by molar-refractivity contribution is 0.477. The first-order chi connectivity index (χ1) is 11.0. The molecule has 3 aromatic rings. The van der Waals surface area contributed by atoms with Crippen LogP contribution in [0.2, 0.25) is 0 Å².